The predicted octanol–water partition coefficient (Wildman–Crippen LogP) is 23.2. The second-order valence-corrected chi connectivity index (χ2v) is 41.3. The van der Waals surface area contributed by atoms with E-state index in [4.69, 9.17) is 115 Å². The molecule has 3 saturated heterocycles. The van der Waals surface area contributed by atoms with E-state index in [1.54, 1.807) is 126 Å². The molecule has 55 heteroatoms. The standard InChI is InChI=1S/C20H20ClN5O3S.C20H22ClN5OS.2C11H7BrClN3O3.C10H16N2S.2C6H6ClNO.2C5H3BrN2O3/c1-25-6-3-14(4-7-25)20-24-11-17(30-20)15-9-16(19(23-10-15)26(27)28)29-12-13-2-5-22-18(21)8-13;1-26-6-3-14(4-7-26)20-25-11-17(28-20)15-9-16(19(22)24-10-15)27-12-13-2-5-23-18(21)8-13;2*12-8-4-9(11(15-5-8)16(17)18)19-6-7-1-2-14-10(13)3-7;1-8-7-11-10(13-8)9-3-5-12(2)6-4-9;2*7-6-3-5(4-9)1-2-8-6;2*6-3-1-4(9)5(7-2-3)8(10)11/h2,5,8-11,14H,3-4,6-7,12H2,1H3;2,5,8-11,14H,3-4,6-7,12H2,1H3,(H2,22,24);2*1-5H,6H2;7,9H,3-6H2,1-2H3;2*1-3,9H,4H2;2*1-2,9H. The lowest BCUT2D eigenvalue weighted by molar-refractivity contribution is -0.390. The maximum absolute atomic E-state index is 11.4. The van der Waals surface area contributed by atoms with Crippen LogP contribution in [-0.4, -0.2) is 195 Å². The van der Waals surface area contributed by atoms with Crippen LogP contribution in [-0.2, 0) is 39.6 Å². The molecule has 18 rings (SSSR count). The number of hydrogen-bond donors (Lipinski definition) is 5. The number of rotatable bonds is 24. The van der Waals surface area contributed by atoms with E-state index in [1.807, 2.05) is 42.1 Å². The monoisotopic (exact) mass is 2460 g/mol. The first-order chi connectivity index (χ1) is 71.3. The van der Waals surface area contributed by atoms with Crippen molar-refractivity contribution < 1.29 is 64.0 Å². The van der Waals surface area contributed by atoms with Gasteiger partial charge in [-0.05, 0) is 331 Å². The summed E-state index contributed by atoms with van der Waals surface area (Å²) in [6.07, 6.45) is 30.7. The molecule has 0 aromatic carbocycles. The van der Waals surface area contributed by atoms with Crippen molar-refractivity contribution in [3.05, 3.63) is 355 Å². The molecule has 0 bridgehead atoms. The van der Waals surface area contributed by atoms with Crippen LogP contribution < -0.4 is 24.7 Å². The van der Waals surface area contributed by atoms with Crippen LogP contribution in [0.2, 0.25) is 30.9 Å². The number of aromatic hydroxyl groups is 2. The van der Waals surface area contributed by atoms with Crippen LogP contribution in [0, 0.1) is 57.5 Å². The molecule has 0 aliphatic carbocycles. The van der Waals surface area contributed by atoms with Crippen LogP contribution in [0.4, 0.5) is 34.9 Å². The van der Waals surface area contributed by atoms with Gasteiger partial charge < -0.3 is 110 Å². The normalized spacial score (nSPS) is 13.0. The quantitative estimate of drug-likeness (QED) is 0.0213. The molecule has 782 valence electrons. The third kappa shape index (κ3) is 39.9. The third-order valence-electron chi connectivity index (χ3n) is 21.0. The van der Waals surface area contributed by atoms with Gasteiger partial charge in [-0.3, -0.25) is 0 Å². The molecule has 6 N–H and O–H groups in total. The van der Waals surface area contributed by atoms with E-state index in [0.717, 1.165) is 117 Å². The number of nitro groups is 5. The molecular formula is C94H90Br4Cl6N24O18S3. The molecule has 0 radical (unpaired) electrons. The summed E-state index contributed by atoms with van der Waals surface area (Å²) < 4.78 is 24.6. The number of anilines is 1. The lowest BCUT2D eigenvalue weighted by atomic mass is 9.98. The van der Waals surface area contributed by atoms with E-state index in [9.17, 15) is 50.6 Å². The zero-order valence-corrected chi connectivity index (χ0v) is 92.2. The maximum Gasteiger partial charge on any atom is 0.406 e. The highest BCUT2D eigenvalue weighted by Gasteiger charge is 2.28. The Labute approximate surface area is 926 Å². The van der Waals surface area contributed by atoms with Crippen molar-refractivity contribution in [2.45, 2.75) is 103 Å². The number of hydrogen-bond acceptors (Lipinski definition) is 40. The fourth-order valence-corrected chi connectivity index (χ4v) is 18.9. The Hall–Kier alpha value is -12.3. The summed E-state index contributed by atoms with van der Waals surface area (Å²) in [4.78, 5) is 120. The highest BCUT2D eigenvalue weighted by molar-refractivity contribution is 9.11. The lowest BCUT2D eigenvalue weighted by Crippen LogP contribution is -2.29. The molecule has 3 fully saturated rings. The first kappa shape index (κ1) is 119. The van der Waals surface area contributed by atoms with Gasteiger partial charge in [0.05, 0.1) is 55.9 Å². The SMILES string of the molecule is CN1CCC(c2ncc(-c3cnc(N)c(OCc4ccnc(Cl)c4)c3)s2)CC1.CN1CCC(c2ncc(-c3cnc([N+](=O)[O-])c(OCc4ccnc(Cl)c4)c3)s2)CC1.Cc1cnc(C2CCN(C)CC2)s1.O=[N+]([O-])c1ncc(Br)cc1O.O=[N+]([O-])c1ncc(Br)cc1O.O=[N+]([O-])c1ncc(Br)cc1OCc1ccnc(Cl)c1.O=[N+]([O-])c1ncc(Br)cc1OCc1ccnc(Cl)c1.OCc1ccnc(Cl)c1.OCc1ccnc(Cl)c1. The molecule has 3 aliphatic rings. The molecule has 15 aromatic rings. The van der Waals surface area contributed by atoms with Crippen LogP contribution in [0.15, 0.2) is 220 Å². The summed E-state index contributed by atoms with van der Waals surface area (Å²) in [5.41, 5.74) is 12.5. The number of aliphatic hydroxyl groups is 2. The Kier molecular flexibility index (Phi) is 48.2. The van der Waals surface area contributed by atoms with Gasteiger partial charge in [0.1, 0.15) is 63.5 Å². The van der Waals surface area contributed by atoms with Crippen molar-refractivity contribution in [3.63, 3.8) is 0 Å². The zero-order valence-electron chi connectivity index (χ0n) is 78.9. The first-order valence-corrected chi connectivity index (χ1v) is 51.9. The molecular weight excluding hydrogens is 2380 g/mol. The topological polar surface area (TPSA) is 563 Å². The van der Waals surface area contributed by atoms with E-state index >= 15 is 0 Å². The van der Waals surface area contributed by atoms with Crippen molar-refractivity contribution in [2.75, 3.05) is 66.1 Å². The van der Waals surface area contributed by atoms with Gasteiger partial charge in [0.15, 0.2) is 36.4 Å². The minimum absolute atomic E-state index is 0.0161. The first-order valence-electron chi connectivity index (χ1n) is 44.1. The largest absolute Gasteiger partial charge is 0.501 e. The van der Waals surface area contributed by atoms with Crippen molar-refractivity contribution in [3.8, 4) is 55.4 Å². The molecule has 0 atom stereocenters. The fraction of sp³-hybridized carbons (Fsp3) is 0.266. The molecule has 149 heavy (non-hydrogen) atoms. The van der Waals surface area contributed by atoms with E-state index in [1.165, 1.54) is 108 Å². The number of aliphatic hydroxyl groups excluding tert-OH is 2. The number of aryl methyl sites for hydroxylation is 1. The molecule has 0 spiro atoms. The van der Waals surface area contributed by atoms with Gasteiger partial charge in [0.2, 0.25) is 28.7 Å². The molecule has 15 aromatic heterocycles. The van der Waals surface area contributed by atoms with Crippen molar-refractivity contribution in [1.82, 2.24) is 89.5 Å². The summed E-state index contributed by atoms with van der Waals surface area (Å²) in [5, 5.41) is 94.2. The fourth-order valence-electron chi connectivity index (χ4n) is 13.4. The second kappa shape index (κ2) is 60.6. The summed E-state index contributed by atoms with van der Waals surface area (Å²) in [5.74, 6) is 0.0145. The number of halogens is 10. The highest BCUT2D eigenvalue weighted by Crippen LogP contribution is 2.41. The Morgan fingerprint density at radius 2 is 0.597 bits per heavy atom. The number of piperidine rings is 3. The van der Waals surface area contributed by atoms with Crippen molar-refractivity contribution in [2.24, 2.45) is 0 Å². The number of ether oxygens (including phenoxy) is 4. The van der Waals surface area contributed by atoms with Gasteiger partial charge in [-0.25, -0.2) is 49.8 Å². The molecule has 3 aliphatic heterocycles. The number of pyridine rings is 12. The number of thiazole rings is 3. The Morgan fingerprint density at radius 3 is 0.879 bits per heavy atom. The Bertz CT molecular complexity index is 6780. The van der Waals surface area contributed by atoms with Gasteiger partial charge in [0.25, 0.3) is 0 Å². The van der Waals surface area contributed by atoms with Crippen molar-refractivity contribution in [1.29, 1.82) is 0 Å². The number of likely N-dealkylation sites (tertiary alicyclic amines) is 3. The van der Waals surface area contributed by atoms with Crippen LogP contribution in [0.25, 0.3) is 20.9 Å². The van der Waals surface area contributed by atoms with Gasteiger partial charge in [0, 0.05) is 126 Å². The second-order valence-electron chi connectivity index (χ2n) is 31.9. The third-order valence-corrected chi connectivity index (χ3v) is 27.4. The van der Waals surface area contributed by atoms with Crippen molar-refractivity contribution >= 4 is 202 Å². The number of nitrogens with two attached hydrogens (primary N) is 1. The van der Waals surface area contributed by atoms with Crippen LogP contribution in [0.5, 0.6) is 34.5 Å². The molecule has 18 heterocycles. The van der Waals surface area contributed by atoms with Gasteiger partial charge >= 0.3 is 29.1 Å². The number of nitrogen functional groups attached to an aromatic ring is 1. The Balaban J connectivity index is 0.000000177. The average molecular weight is 2470 g/mol. The Morgan fingerprint density at radius 1 is 0.342 bits per heavy atom. The van der Waals surface area contributed by atoms with Gasteiger partial charge in [-0.2, -0.15) is 0 Å². The van der Waals surface area contributed by atoms with E-state index in [-0.39, 0.29) is 67.7 Å². The number of aromatic nitrogens is 15. The lowest BCUT2D eigenvalue weighted by Gasteiger charge is -2.27. The van der Waals surface area contributed by atoms with Gasteiger partial charge in [-0.1, -0.05) is 69.6 Å². The summed E-state index contributed by atoms with van der Waals surface area (Å²) in [6.45, 7) is 9.75. The molecule has 42 nitrogen and oxygen atoms in total. The summed E-state index contributed by atoms with van der Waals surface area (Å²) in [6, 6.07) is 29.4. The average Bonchev–Trinajstić information content (AvgIpc) is 1.72. The predicted molar refractivity (Wildman–Crippen MR) is 579 cm³/mol. The van der Waals surface area contributed by atoms with Crippen LogP contribution >= 0.6 is 167 Å². The van der Waals surface area contributed by atoms with Crippen LogP contribution in [0.1, 0.15) is 110 Å². The van der Waals surface area contributed by atoms with Crippen LogP contribution in [0.3, 0.4) is 0 Å². The van der Waals surface area contributed by atoms with E-state index in [2.05, 4.69) is 181 Å². The molecule has 0 amide bonds. The smallest absolute Gasteiger partial charge is 0.406 e. The molecule has 0 saturated carbocycles. The van der Waals surface area contributed by atoms with Gasteiger partial charge in [-0.15, -0.1) is 34.0 Å². The van der Waals surface area contributed by atoms with E-state index in [0.29, 0.717) is 78.8 Å². The minimum atomic E-state index is -0.748. The summed E-state index contributed by atoms with van der Waals surface area (Å²) in [7, 11) is 6.50. The zero-order chi connectivity index (χ0) is 108. The summed E-state index contributed by atoms with van der Waals surface area (Å²) >= 11 is 51.9. The minimum Gasteiger partial charge on any atom is -0.501 e. The maximum atomic E-state index is 11.4. The van der Waals surface area contributed by atoms with E-state index < -0.39 is 47.8 Å². The number of nitrogens with zero attached hydrogens (tertiary/aromatic N) is 23. The molecule has 0 unspecified atom stereocenters. The highest BCUT2D eigenvalue weighted by atomic mass is 79.9.